The predicted octanol–water partition coefficient (Wildman–Crippen LogP) is 17.0. The Kier molecular flexibility index (Phi) is 58.5. The summed E-state index contributed by atoms with van der Waals surface area (Å²) in [7, 11) is 0. The standard InChI is InChI=1S/C79H143NO13/c1-3-5-7-9-11-13-15-17-19-21-23-25-27-29-31-33-34-35-37-39-41-43-45-47-49-51-53-55-57-59-61-63-71(84)80-67(66-90-78-76(89)74(87)77(70(65-82)92-78)93-79-75(88)73(86)72(85)69(64-81)91-79)68(83)62-60-58-56-54-52-50-48-46-44-42-40-38-36-32-30-28-26-24-22-20-18-16-14-12-10-8-6-4-2/h5,7,11,13,17,19,23,25,29,31,60,62,67-70,72-79,81-83,85-89H,3-4,6,8-10,12,14-16,18,20-22,24,26-28,30,32-59,61,63-66H2,1-2H3,(H,80,84)/b7-5-,13-11-,19-17-,25-23-,31-29-,62-60+. The fourth-order valence-electron chi connectivity index (χ4n) is 12.6. The fraction of sp³-hybridized carbons (Fsp3) is 0.835. The minimum Gasteiger partial charge on any atom is -0.394 e. The molecule has 2 fully saturated rings. The third-order valence-corrected chi connectivity index (χ3v) is 18.6. The SMILES string of the molecule is CC/C=C\C/C=C\C/C=C\C/C=C\C/C=C\CCCCCCCCCCCCCCCCCC(=O)NC(COC1OC(CO)C(OC2OC(CO)C(O)C(O)C2O)C(O)C1O)C(O)/C=C/CCCCCCCCCCCCCCCCCCCCCCCCCCCC. The Labute approximate surface area is 568 Å². The summed E-state index contributed by atoms with van der Waals surface area (Å²) in [5, 5.41) is 87.6. The molecule has 2 rings (SSSR count). The molecule has 0 saturated carbocycles. The minimum atomic E-state index is -1.79. The van der Waals surface area contributed by atoms with Gasteiger partial charge in [-0.15, -0.1) is 0 Å². The van der Waals surface area contributed by atoms with Crippen LogP contribution in [0.5, 0.6) is 0 Å². The lowest BCUT2D eigenvalue weighted by molar-refractivity contribution is -0.359. The molecule has 2 aliphatic heterocycles. The van der Waals surface area contributed by atoms with Crippen LogP contribution in [0.15, 0.2) is 72.9 Å². The van der Waals surface area contributed by atoms with Crippen LogP contribution < -0.4 is 5.32 Å². The van der Waals surface area contributed by atoms with Gasteiger partial charge in [0.15, 0.2) is 12.6 Å². The first-order chi connectivity index (χ1) is 45.6. The Morgan fingerprint density at radius 1 is 0.398 bits per heavy atom. The number of carbonyl (C=O) groups is 1. The molecule has 93 heavy (non-hydrogen) atoms. The molecule has 2 heterocycles. The molecule has 0 aliphatic carbocycles. The summed E-state index contributed by atoms with van der Waals surface area (Å²) < 4.78 is 22.9. The van der Waals surface area contributed by atoms with Crippen LogP contribution in [0.1, 0.15) is 328 Å². The van der Waals surface area contributed by atoms with Gasteiger partial charge in [-0.05, 0) is 64.2 Å². The van der Waals surface area contributed by atoms with Gasteiger partial charge in [0.1, 0.15) is 48.8 Å². The van der Waals surface area contributed by atoms with Crippen LogP contribution in [0, 0.1) is 0 Å². The van der Waals surface area contributed by atoms with Crippen LogP contribution in [0.25, 0.3) is 0 Å². The van der Waals surface area contributed by atoms with Crippen molar-refractivity contribution in [2.45, 2.75) is 402 Å². The average Bonchev–Trinajstić information content (AvgIpc) is 0.851. The van der Waals surface area contributed by atoms with Gasteiger partial charge >= 0.3 is 0 Å². The number of aliphatic hydroxyl groups is 8. The zero-order chi connectivity index (χ0) is 67.3. The Balaban J connectivity index is 1.64. The number of aliphatic hydroxyl groups excluding tert-OH is 8. The number of nitrogens with one attached hydrogen (secondary N) is 1. The summed E-state index contributed by atoms with van der Waals surface area (Å²) in [6, 6.07) is -0.919. The van der Waals surface area contributed by atoms with Gasteiger partial charge in [-0.3, -0.25) is 4.79 Å². The van der Waals surface area contributed by atoms with Crippen molar-refractivity contribution in [2.24, 2.45) is 0 Å². The first-order valence-electron chi connectivity index (χ1n) is 38.7. The van der Waals surface area contributed by atoms with Gasteiger partial charge in [0, 0.05) is 6.42 Å². The lowest BCUT2D eigenvalue weighted by Gasteiger charge is -2.46. The van der Waals surface area contributed by atoms with Crippen molar-refractivity contribution >= 4 is 5.91 Å². The van der Waals surface area contributed by atoms with Gasteiger partial charge in [-0.25, -0.2) is 0 Å². The van der Waals surface area contributed by atoms with Gasteiger partial charge in [0.2, 0.25) is 5.91 Å². The van der Waals surface area contributed by atoms with E-state index in [1.165, 1.54) is 231 Å². The normalized spacial score (nSPS) is 22.9. The van der Waals surface area contributed by atoms with E-state index in [1.54, 1.807) is 6.08 Å². The number of rotatable bonds is 64. The molecule has 0 spiro atoms. The van der Waals surface area contributed by atoms with E-state index in [4.69, 9.17) is 18.9 Å². The maximum absolute atomic E-state index is 13.4. The molecule has 2 saturated heterocycles. The minimum absolute atomic E-state index is 0.237. The highest BCUT2D eigenvalue weighted by molar-refractivity contribution is 5.76. The van der Waals surface area contributed by atoms with E-state index in [-0.39, 0.29) is 18.9 Å². The van der Waals surface area contributed by atoms with Gasteiger partial charge in [-0.2, -0.15) is 0 Å². The van der Waals surface area contributed by atoms with Gasteiger partial charge < -0.3 is 65.1 Å². The summed E-state index contributed by atoms with van der Waals surface area (Å²) in [5.74, 6) is -0.237. The first kappa shape index (κ1) is 86.5. The highest BCUT2D eigenvalue weighted by atomic mass is 16.7. The topological polar surface area (TPSA) is 228 Å². The van der Waals surface area contributed by atoms with E-state index in [0.29, 0.717) is 6.42 Å². The molecule has 14 nitrogen and oxygen atoms in total. The largest absolute Gasteiger partial charge is 0.394 e. The molecule has 0 aromatic heterocycles. The molecule has 1 amide bonds. The zero-order valence-electron chi connectivity index (χ0n) is 59.2. The molecule has 12 unspecified atom stereocenters. The Morgan fingerprint density at radius 3 is 1.14 bits per heavy atom. The van der Waals surface area contributed by atoms with Gasteiger partial charge in [0.25, 0.3) is 0 Å². The van der Waals surface area contributed by atoms with E-state index in [9.17, 15) is 45.6 Å². The van der Waals surface area contributed by atoms with Crippen LogP contribution in [0.4, 0.5) is 0 Å². The van der Waals surface area contributed by atoms with Crippen molar-refractivity contribution in [2.75, 3.05) is 19.8 Å². The third-order valence-electron chi connectivity index (χ3n) is 18.6. The zero-order valence-corrected chi connectivity index (χ0v) is 59.2. The van der Waals surface area contributed by atoms with Crippen LogP contribution in [0.2, 0.25) is 0 Å². The molecule has 2 aliphatic rings. The maximum atomic E-state index is 13.4. The highest BCUT2D eigenvalue weighted by Crippen LogP contribution is 2.30. The van der Waals surface area contributed by atoms with E-state index >= 15 is 0 Å². The lowest BCUT2D eigenvalue weighted by atomic mass is 9.97. The van der Waals surface area contributed by atoms with Crippen LogP contribution in [-0.2, 0) is 23.7 Å². The Hall–Kier alpha value is -2.57. The number of hydrogen-bond acceptors (Lipinski definition) is 13. The molecule has 0 bridgehead atoms. The van der Waals surface area contributed by atoms with E-state index in [0.717, 1.165) is 70.6 Å². The molecule has 0 aromatic carbocycles. The molecule has 14 heteroatoms. The van der Waals surface area contributed by atoms with E-state index < -0.39 is 86.8 Å². The summed E-state index contributed by atoms with van der Waals surface area (Å²) >= 11 is 0. The van der Waals surface area contributed by atoms with Crippen molar-refractivity contribution in [3.05, 3.63) is 72.9 Å². The number of amides is 1. The van der Waals surface area contributed by atoms with Crippen LogP contribution in [-0.4, -0.2) is 140 Å². The van der Waals surface area contributed by atoms with Gasteiger partial charge in [0.05, 0.1) is 32.0 Å². The second-order valence-corrected chi connectivity index (χ2v) is 27.1. The maximum Gasteiger partial charge on any atom is 0.220 e. The smallest absolute Gasteiger partial charge is 0.220 e. The second-order valence-electron chi connectivity index (χ2n) is 27.1. The van der Waals surface area contributed by atoms with Crippen molar-refractivity contribution < 1.29 is 64.6 Å². The predicted molar refractivity (Wildman–Crippen MR) is 383 cm³/mol. The summed E-state index contributed by atoms with van der Waals surface area (Å²) in [6.07, 6.45) is 69.7. The third kappa shape index (κ3) is 46.4. The molecular formula is C79H143NO13. The molecule has 542 valence electrons. The van der Waals surface area contributed by atoms with Crippen molar-refractivity contribution in [3.63, 3.8) is 0 Å². The monoisotopic (exact) mass is 1310 g/mol. The number of unbranched alkanes of at least 4 members (excludes halogenated alkanes) is 41. The summed E-state index contributed by atoms with van der Waals surface area (Å²) in [4.78, 5) is 13.4. The Morgan fingerprint density at radius 2 is 0.742 bits per heavy atom. The summed E-state index contributed by atoms with van der Waals surface area (Å²) in [5.41, 5.74) is 0. The van der Waals surface area contributed by atoms with E-state index in [1.807, 2.05) is 6.08 Å². The molecule has 9 N–H and O–H groups in total. The molecular weight excluding hydrogens is 1170 g/mol. The first-order valence-corrected chi connectivity index (χ1v) is 38.7. The Bertz CT molecular complexity index is 1840. The quantitative estimate of drug-likeness (QED) is 0.0204. The number of hydrogen-bond donors (Lipinski definition) is 9. The van der Waals surface area contributed by atoms with Crippen molar-refractivity contribution in [1.82, 2.24) is 5.32 Å². The van der Waals surface area contributed by atoms with Crippen LogP contribution >= 0.6 is 0 Å². The number of carbonyl (C=O) groups excluding carboxylic acids is 1. The lowest BCUT2D eigenvalue weighted by Crippen LogP contribution is -2.65. The fourth-order valence-corrected chi connectivity index (χ4v) is 12.6. The highest BCUT2D eigenvalue weighted by Gasteiger charge is 2.51. The van der Waals surface area contributed by atoms with Crippen LogP contribution in [0.3, 0.4) is 0 Å². The van der Waals surface area contributed by atoms with E-state index in [2.05, 4.69) is 79.9 Å². The number of ether oxygens (including phenoxy) is 4. The van der Waals surface area contributed by atoms with Crippen molar-refractivity contribution in [1.29, 1.82) is 0 Å². The average molecular weight is 1320 g/mol. The summed E-state index contributed by atoms with van der Waals surface area (Å²) in [6.45, 7) is 2.73. The number of allylic oxidation sites excluding steroid dienone is 11. The van der Waals surface area contributed by atoms with Gasteiger partial charge in [-0.1, -0.05) is 331 Å². The molecule has 12 atom stereocenters. The molecule has 0 radical (unpaired) electrons. The van der Waals surface area contributed by atoms with Crippen molar-refractivity contribution in [3.8, 4) is 0 Å². The molecule has 0 aromatic rings. The second kappa shape index (κ2) is 62.9.